The van der Waals surface area contributed by atoms with E-state index in [0.29, 0.717) is 6.54 Å². The van der Waals surface area contributed by atoms with Gasteiger partial charge in [0.1, 0.15) is 5.25 Å². The molecule has 0 rings (SSSR count). The van der Waals surface area contributed by atoms with E-state index in [0.717, 1.165) is 6.54 Å². The zero-order valence-corrected chi connectivity index (χ0v) is 12.8. The molecule has 3 N–H and O–H groups in total. The van der Waals surface area contributed by atoms with Crippen molar-refractivity contribution >= 4 is 27.2 Å². The van der Waals surface area contributed by atoms with Crippen molar-refractivity contribution in [3.8, 4) is 0 Å². The summed E-state index contributed by atoms with van der Waals surface area (Å²) in [5.41, 5.74) is 5.20. The fourth-order valence-electron chi connectivity index (χ4n) is 1.49. The number of hydrogen-bond donors (Lipinski definition) is 2. The van der Waals surface area contributed by atoms with Gasteiger partial charge in [0.2, 0.25) is 10.0 Å². The van der Waals surface area contributed by atoms with Gasteiger partial charge in [-0.25, -0.2) is 13.1 Å². The zero-order valence-electron chi connectivity index (χ0n) is 11.1. The molecule has 0 radical (unpaired) electrons. The molecule has 0 saturated carbocycles. The molecule has 0 aliphatic rings. The first-order chi connectivity index (χ1) is 7.48. The van der Waals surface area contributed by atoms with Crippen molar-refractivity contribution in [1.82, 2.24) is 9.62 Å². The number of hydrogen-bond acceptors (Lipinski definition) is 4. The number of sulfonamides is 1. The standard InChI is InChI=1S/C10H23N3O2S2/c1-8(9(11)16)17(14,15)12-6-10(2,3)7-13(4)5/h8,12H,6-7H2,1-5H3,(H2,11,16). The van der Waals surface area contributed by atoms with Crippen LogP contribution in [-0.2, 0) is 10.0 Å². The summed E-state index contributed by atoms with van der Waals surface area (Å²) in [7, 11) is 0.441. The normalized spacial score (nSPS) is 14.9. The average molecular weight is 281 g/mol. The molecule has 17 heavy (non-hydrogen) atoms. The van der Waals surface area contributed by atoms with Crippen LogP contribution in [0.15, 0.2) is 0 Å². The molecule has 0 aliphatic heterocycles. The van der Waals surface area contributed by atoms with E-state index in [1.165, 1.54) is 6.92 Å². The van der Waals surface area contributed by atoms with E-state index >= 15 is 0 Å². The first-order valence-electron chi connectivity index (χ1n) is 5.40. The van der Waals surface area contributed by atoms with Crippen molar-refractivity contribution in [3.63, 3.8) is 0 Å². The Bertz CT molecular complexity index is 364. The minimum atomic E-state index is -3.46. The lowest BCUT2D eigenvalue weighted by Gasteiger charge is -2.28. The second-order valence-electron chi connectivity index (χ2n) is 5.31. The number of nitrogens with one attached hydrogen (secondary N) is 1. The van der Waals surface area contributed by atoms with Crippen molar-refractivity contribution in [2.24, 2.45) is 11.1 Å². The van der Waals surface area contributed by atoms with E-state index < -0.39 is 15.3 Å². The Morgan fingerprint density at radius 2 is 1.94 bits per heavy atom. The third-order valence-corrected chi connectivity index (χ3v) is 4.60. The van der Waals surface area contributed by atoms with Crippen LogP contribution in [0.3, 0.4) is 0 Å². The summed E-state index contributed by atoms with van der Waals surface area (Å²) in [6.45, 7) is 6.64. The van der Waals surface area contributed by atoms with Crippen molar-refractivity contribution in [3.05, 3.63) is 0 Å². The van der Waals surface area contributed by atoms with E-state index in [1.807, 2.05) is 32.8 Å². The maximum absolute atomic E-state index is 11.8. The van der Waals surface area contributed by atoms with Gasteiger partial charge in [-0.1, -0.05) is 26.1 Å². The number of nitrogens with two attached hydrogens (primary N) is 1. The lowest BCUT2D eigenvalue weighted by Crippen LogP contribution is -2.45. The molecule has 0 amide bonds. The Balaban J connectivity index is 4.52. The van der Waals surface area contributed by atoms with Crippen molar-refractivity contribution in [1.29, 1.82) is 0 Å². The van der Waals surface area contributed by atoms with Crippen LogP contribution in [0.25, 0.3) is 0 Å². The Labute approximate surface area is 110 Å². The van der Waals surface area contributed by atoms with E-state index in [2.05, 4.69) is 4.72 Å². The van der Waals surface area contributed by atoms with E-state index in [1.54, 1.807) is 0 Å². The Morgan fingerprint density at radius 1 is 1.47 bits per heavy atom. The third kappa shape index (κ3) is 6.30. The van der Waals surface area contributed by atoms with Crippen LogP contribution in [0.4, 0.5) is 0 Å². The van der Waals surface area contributed by atoms with Gasteiger partial charge < -0.3 is 10.6 Å². The Morgan fingerprint density at radius 3 is 2.29 bits per heavy atom. The molecule has 0 bridgehead atoms. The summed E-state index contributed by atoms with van der Waals surface area (Å²) in [6.07, 6.45) is 0. The van der Waals surface area contributed by atoms with E-state index in [4.69, 9.17) is 18.0 Å². The van der Waals surface area contributed by atoms with Crippen molar-refractivity contribution in [2.75, 3.05) is 27.2 Å². The fraction of sp³-hybridized carbons (Fsp3) is 0.900. The summed E-state index contributed by atoms with van der Waals surface area (Å²) < 4.78 is 26.2. The van der Waals surface area contributed by atoms with Crippen LogP contribution in [0.2, 0.25) is 0 Å². The maximum Gasteiger partial charge on any atom is 0.220 e. The molecule has 102 valence electrons. The molecule has 5 nitrogen and oxygen atoms in total. The average Bonchev–Trinajstić information content (AvgIpc) is 2.12. The molecule has 7 heteroatoms. The molecule has 0 aromatic rings. The highest BCUT2D eigenvalue weighted by molar-refractivity contribution is 7.93. The van der Waals surface area contributed by atoms with Gasteiger partial charge in [0.25, 0.3) is 0 Å². The molecule has 1 atom stereocenters. The quantitative estimate of drug-likeness (QED) is 0.651. The third-order valence-electron chi connectivity index (χ3n) is 2.36. The van der Waals surface area contributed by atoms with Gasteiger partial charge in [0, 0.05) is 13.1 Å². The van der Waals surface area contributed by atoms with Crippen LogP contribution in [0.5, 0.6) is 0 Å². The maximum atomic E-state index is 11.8. The summed E-state index contributed by atoms with van der Waals surface area (Å²) in [6, 6.07) is 0. The van der Waals surface area contributed by atoms with Crippen LogP contribution >= 0.6 is 12.2 Å². The highest BCUT2D eigenvalue weighted by atomic mass is 32.2. The molecular weight excluding hydrogens is 258 g/mol. The summed E-state index contributed by atoms with van der Waals surface area (Å²) in [4.78, 5) is 2.01. The molecule has 0 heterocycles. The predicted molar refractivity (Wildman–Crippen MR) is 75.5 cm³/mol. The largest absolute Gasteiger partial charge is 0.392 e. The fourth-order valence-corrected chi connectivity index (χ4v) is 3.01. The lowest BCUT2D eigenvalue weighted by molar-refractivity contribution is 0.242. The molecule has 0 aromatic carbocycles. The van der Waals surface area contributed by atoms with Crippen LogP contribution < -0.4 is 10.5 Å². The minimum Gasteiger partial charge on any atom is -0.392 e. The summed E-state index contributed by atoms with van der Waals surface area (Å²) in [5.74, 6) is 0. The Hall–Kier alpha value is -0.240. The second kappa shape index (κ2) is 6.08. The molecule has 0 fully saturated rings. The van der Waals surface area contributed by atoms with Crippen molar-refractivity contribution < 1.29 is 8.42 Å². The molecule has 0 aliphatic carbocycles. The highest BCUT2D eigenvalue weighted by Gasteiger charge is 2.27. The first-order valence-corrected chi connectivity index (χ1v) is 7.36. The molecule has 0 saturated heterocycles. The van der Waals surface area contributed by atoms with Gasteiger partial charge in [-0.3, -0.25) is 0 Å². The van der Waals surface area contributed by atoms with Gasteiger partial charge in [-0.2, -0.15) is 0 Å². The van der Waals surface area contributed by atoms with Crippen LogP contribution in [-0.4, -0.2) is 50.7 Å². The number of thiocarbonyl (C=S) groups is 1. The van der Waals surface area contributed by atoms with E-state index in [-0.39, 0.29) is 10.4 Å². The second-order valence-corrected chi connectivity index (χ2v) is 7.87. The smallest absolute Gasteiger partial charge is 0.220 e. The summed E-state index contributed by atoms with van der Waals surface area (Å²) in [5, 5.41) is -0.840. The lowest BCUT2D eigenvalue weighted by atomic mass is 9.93. The topological polar surface area (TPSA) is 75.4 Å². The van der Waals surface area contributed by atoms with Gasteiger partial charge in [0.15, 0.2) is 0 Å². The molecular formula is C10H23N3O2S2. The molecule has 0 aromatic heterocycles. The zero-order chi connectivity index (χ0) is 13.9. The molecule has 1 unspecified atom stereocenters. The number of nitrogens with zero attached hydrogens (tertiary/aromatic N) is 1. The van der Waals surface area contributed by atoms with E-state index in [9.17, 15) is 8.42 Å². The number of rotatable bonds is 7. The highest BCUT2D eigenvalue weighted by Crippen LogP contribution is 2.15. The minimum absolute atomic E-state index is 0.0112. The molecule has 0 spiro atoms. The van der Waals surface area contributed by atoms with Crippen molar-refractivity contribution in [2.45, 2.75) is 26.0 Å². The van der Waals surface area contributed by atoms with Crippen LogP contribution in [0, 0.1) is 5.41 Å². The Kier molecular flexibility index (Phi) is 6.00. The predicted octanol–water partition coefficient (Wildman–Crippen LogP) is 0.168. The van der Waals surface area contributed by atoms with Gasteiger partial charge in [-0.05, 0) is 26.4 Å². The van der Waals surface area contributed by atoms with Gasteiger partial charge in [-0.15, -0.1) is 0 Å². The summed E-state index contributed by atoms with van der Waals surface area (Å²) >= 11 is 4.69. The SMILES string of the molecule is CC(C(N)=S)S(=O)(=O)NCC(C)(C)CN(C)C. The van der Waals surface area contributed by atoms with Gasteiger partial charge >= 0.3 is 0 Å². The first kappa shape index (κ1) is 16.8. The van der Waals surface area contributed by atoms with Crippen LogP contribution in [0.1, 0.15) is 20.8 Å². The monoisotopic (exact) mass is 281 g/mol. The van der Waals surface area contributed by atoms with Gasteiger partial charge in [0.05, 0.1) is 4.99 Å².